The zero-order valence-electron chi connectivity index (χ0n) is 30.4. The van der Waals surface area contributed by atoms with E-state index in [1.807, 2.05) is 30.3 Å². The van der Waals surface area contributed by atoms with Crippen molar-refractivity contribution in [1.29, 1.82) is 0 Å². The molecule has 0 fully saturated rings. The third kappa shape index (κ3) is 9.73. The summed E-state index contributed by atoms with van der Waals surface area (Å²) in [6.45, 7) is 33.7. The van der Waals surface area contributed by atoms with E-state index in [-0.39, 0.29) is 10.8 Å². The van der Waals surface area contributed by atoms with Crippen molar-refractivity contribution in [2.24, 2.45) is 16.7 Å². The van der Waals surface area contributed by atoms with E-state index in [0.29, 0.717) is 12.5 Å². The monoisotopic (exact) mass is 615 g/mol. The zero-order chi connectivity index (χ0) is 34.2. The highest BCUT2D eigenvalue weighted by molar-refractivity contribution is 5.78. The lowest BCUT2D eigenvalue weighted by atomic mass is 9.80. The Bertz CT molecular complexity index is 1560. The Kier molecular flexibility index (Phi) is 12.3. The van der Waals surface area contributed by atoms with Gasteiger partial charge >= 0.3 is 0 Å². The summed E-state index contributed by atoms with van der Waals surface area (Å²) in [5.41, 5.74) is 10.8. The van der Waals surface area contributed by atoms with E-state index in [9.17, 15) is 0 Å². The molecule has 1 atom stereocenters. The standard InChI is InChI=1S/C44H57NO/c1-14-31(3)28-38(29-35(7)44(11,12)13)37(30-36(15-2)33(5)26-32(4)27-34(6)43(8,9)10)24-25-45-39-20-16-18-22-41(39)46-42-23-19-17-21-40(42)45/h14,16-24,26-30,35H,1,6,15,25H2,2-5,7-13H3/b31-28-,32-27-,33-26+,36-30+,37-24+,38-29+. The van der Waals surface area contributed by atoms with Crippen LogP contribution in [0.3, 0.4) is 0 Å². The minimum atomic E-state index is 0.0395. The van der Waals surface area contributed by atoms with Gasteiger partial charge in [0.15, 0.2) is 11.5 Å². The van der Waals surface area contributed by atoms with Gasteiger partial charge in [-0.2, -0.15) is 0 Å². The maximum absolute atomic E-state index is 6.29. The molecule has 2 heteroatoms. The van der Waals surface area contributed by atoms with Gasteiger partial charge in [0.1, 0.15) is 0 Å². The maximum Gasteiger partial charge on any atom is 0.151 e. The number of ether oxygens (including phenoxy) is 1. The fourth-order valence-corrected chi connectivity index (χ4v) is 5.13. The van der Waals surface area contributed by atoms with Crippen LogP contribution in [0.4, 0.5) is 11.4 Å². The van der Waals surface area contributed by atoms with Gasteiger partial charge in [-0.05, 0) is 96.1 Å². The first-order valence-corrected chi connectivity index (χ1v) is 16.7. The molecular weight excluding hydrogens is 558 g/mol. The number of nitrogens with zero attached hydrogens (tertiary/aromatic N) is 1. The van der Waals surface area contributed by atoms with Crippen LogP contribution < -0.4 is 9.64 Å². The molecule has 244 valence electrons. The lowest BCUT2D eigenvalue weighted by molar-refractivity contribution is 0.314. The van der Waals surface area contributed by atoms with Crippen molar-refractivity contribution in [3.05, 3.63) is 143 Å². The summed E-state index contributed by atoms with van der Waals surface area (Å²) in [5, 5.41) is 0. The smallest absolute Gasteiger partial charge is 0.151 e. The molecule has 0 saturated carbocycles. The van der Waals surface area contributed by atoms with Gasteiger partial charge in [0.05, 0.1) is 11.4 Å². The fraction of sp³-hybridized carbons (Fsp3) is 0.364. The largest absolute Gasteiger partial charge is 0.453 e. The molecule has 46 heavy (non-hydrogen) atoms. The van der Waals surface area contributed by atoms with Crippen LogP contribution >= 0.6 is 0 Å². The van der Waals surface area contributed by atoms with E-state index in [0.717, 1.165) is 40.4 Å². The van der Waals surface area contributed by atoms with Crippen molar-refractivity contribution in [2.75, 3.05) is 11.4 Å². The van der Waals surface area contributed by atoms with Gasteiger partial charge in [-0.3, -0.25) is 0 Å². The molecule has 1 aliphatic heterocycles. The molecule has 0 bridgehead atoms. The Morgan fingerprint density at radius 3 is 1.87 bits per heavy atom. The lowest BCUT2D eigenvalue weighted by Gasteiger charge is -2.32. The van der Waals surface area contributed by atoms with Crippen LogP contribution in [0.15, 0.2) is 143 Å². The molecule has 0 spiro atoms. The summed E-state index contributed by atoms with van der Waals surface area (Å²) in [6.07, 6.45) is 16.9. The van der Waals surface area contributed by atoms with Crippen LogP contribution in [0.2, 0.25) is 0 Å². The van der Waals surface area contributed by atoms with Gasteiger partial charge < -0.3 is 9.64 Å². The van der Waals surface area contributed by atoms with E-state index in [4.69, 9.17) is 4.74 Å². The number of hydrogen-bond donors (Lipinski definition) is 0. The topological polar surface area (TPSA) is 12.5 Å². The zero-order valence-corrected chi connectivity index (χ0v) is 30.4. The van der Waals surface area contributed by atoms with Crippen LogP contribution in [-0.4, -0.2) is 6.54 Å². The minimum absolute atomic E-state index is 0.0395. The summed E-state index contributed by atoms with van der Waals surface area (Å²) in [5.74, 6) is 2.10. The van der Waals surface area contributed by atoms with Crippen LogP contribution in [0.25, 0.3) is 0 Å². The highest BCUT2D eigenvalue weighted by Crippen LogP contribution is 2.46. The van der Waals surface area contributed by atoms with Gasteiger partial charge in [0, 0.05) is 6.54 Å². The molecule has 0 N–H and O–H groups in total. The molecule has 1 aliphatic rings. The average Bonchev–Trinajstić information content (AvgIpc) is 2.98. The van der Waals surface area contributed by atoms with Gasteiger partial charge in [-0.15, -0.1) is 0 Å². The maximum atomic E-state index is 6.29. The van der Waals surface area contributed by atoms with Crippen LogP contribution in [0.1, 0.15) is 82.6 Å². The van der Waals surface area contributed by atoms with Crippen molar-refractivity contribution in [3.63, 3.8) is 0 Å². The average molecular weight is 616 g/mol. The summed E-state index contributed by atoms with van der Waals surface area (Å²) >= 11 is 0. The summed E-state index contributed by atoms with van der Waals surface area (Å²) < 4.78 is 6.29. The molecule has 2 nitrogen and oxygen atoms in total. The quantitative estimate of drug-likeness (QED) is 0.233. The van der Waals surface area contributed by atoms with Crippen LogP contribution in [0.5, 0.6) is 11.5 Å². The Morgan fingerprint density at radius 1 is 0.804 bits per heavy atom. The first kappa shape index (κ1) is 36.4. The molecule has 1 heterocycles. The van der Waals surface area contributed by atoms with E-state index in [2.05, 4.69) is 155 Å². The minimum Gasteiger partial charge on any atom is -0.453 e. The Labute approximate surface area is 281 Å². The molecule has 0 aromatic heterocycles. The third-order valence-corrected chi connectivity index (χ3v) is 8.89. The predicted octanol–water partition coefficient (Wildman–Crippen LogP) is 13.4. The van der Waals surface area contributed by atoms with Crippen molar-refractivity contribution in [2.45, 2.75) is 82.6 Å². The summed E-state index contributed by atoms with van der Waals surface area (Å²) in [7, 11) is 0. The second-order valence-corrected chi connectivity index (χ2v) is 14.7. The first-order valence-electron chi connectivity index (χ1n) is 16.7. The van der Waals surface area contributed by atoms with Crippen molar-refractivity contribution >= 4 is 11.4 Å². The molecule has 0 amide bonds. The van der Waals surface area contributed by atoms with Crippen molar-refractivity contribution in [1.82, 2.24) is 0 Å². The Morgan fingerprint density at radius 2 is 1.37 bits per heavy atom. The molecule has 2 aromatic rings. The van der Waals surface area contributed by atoms with E-state index in [1.54, 1.807) is 0 Å². The number of benzene rings is 2. The highest BCUT2D eigenvalue weighted by Gasteiger charge is 2.24. The Hall–Kier alpha value is -4.04. The van der Waals surface area contributed by atoms with Gasteiger partial charge in [0.2, 0.25) is 0 Å². The Balaban J connectivity index is 2.23. The van der Waals surface area contributed by atoms with Gasteiger partial charge in [0.25, 0.3) is 0 Å². The molecule has 3 rings (SSSR count). The van der Waals surface area contributed by atoms with E-state index < -0.39 is 0 Å². The lowest BCUT2D eigenvalue weighted by Crippen LogP contribution is -2.21. The van der Waals surface area contributed by atoms with Crippen molar-refractivity contribution < 1.29 is 4.74 Å². The first-order chi connectivity index (χ1) is 21.5. The second-order valence-electron chi connectivity index (χ2n) is 14.7. The normalized spacial score (nSPS) is 16.0. The van der Waals surface area contributed by atoms with Crippen LogP contribution in [0, 0.1) is 16.7 Å². The van der Waals surface area contributed by atoms with Gasteiger partial charge in [-0.25, -0.2) is 0 Å². The third-order valence-electron chi connectivity index (χ3n) is 8.89. The molecule has 0 saturated heterocycles. The van der Waals surface area contributed by atoms with E-state index >= 15 is 0 Å². The molecule has 2 aromatic carbocycles. The molecular formula is C44H57NO. The summed E-state index contributed by atoms with van der Waals surface area (Å²) in [4.78, 5) is 2.36. The molecule has 1 unspecified atom stereocenters. The number of para-hydroxylation sites is 4. The second kappa shape index (κ2) is 15.5. The SMILES string of the molecule is C=C\C(C)=C/C(=C\C(C)C(C)(C)C)C(=C/CN1c2ccccc2Oc2ccccc21)/C=C(CC)/C(C)=C/C(C)=C\C(=C)C(C)(C)C. The number of hydrogen-bond acceptors (Lipinski definition) is 2. The van der Waals surface area contributed by atoms with Crippen LogP contribution in [-0.2, 0) is 0 Å². The molecule has 0 aliphatic carbocycles. The number of rotatable bonds is 11. The number of anilines is 2. The van der Waals surface area contributed by atoms with Crippen molar-refractivity contribution in [3.8, 4) is 11.5 Å². The number of fused-ring (bicyclic) bond motifs is 2. The number of allylic oxidation sites excluding steroid dienone is 13. The summed E-state index contributed by atoms with van der Waals surface area (Å²) in [6, 6.07) is 16.6. The highest BCUT2D eigenvalue weighted by atomic mass is 16.5. The predicted molar refractivity (Wildman–Crippen MR) is 203 cm³/mol. The van der Waals surface area contributed by atoms with E-state index in [1.165, 1.54) is 27.9 Å². The van der Waals surface area contributed by atoms with Gasteiger partial charge in [-0.1, -0.05) is 146 Å². The fourth-order valence-electron chi connectivity index (χ4n) is 5.13. The molecule has 0 radical (unpaired) electrons.